The fourth-order valence-electron chi connectivity index (χ4n) is 1.86. The molecule has 2 aromatic rings. The van der Waals surface area contributed by atoms with Crippen LogP contribution < -0.4 is 4.72 Å². The molecular formula is C14H12Br2FNO2S. The van der Waals surface area contributed by atoms with Crippen LogP contribution in [0.4, 0.5) is 4.39 Å². The zero-order chi connectivity index (χ0) is 15.6. The van der Waals surface area contributed by atoms with Gasteiger partial charge in [0.1, 0.15) is 10.7 Å². The van der Waals surface area contributed by atoms with Crippen molar-refractivity contribution in [3.63, 3.8) is 0 Å². The number of hydrogen-bond acceptors (Lipinski definition) is 2. The van der Waals surface area contributed by atoms with Crippen LogP contribution in [-0.2, 0) is 16.6 Å². The largest absolute Gasteiger partial charge is 0.243 e. The first kappa shape index (κ1) is 16.6. The second-order valence-electron chi connectivity index (χ2n) is 4.51. The summed E-state index contributed by atoms with van der Waals surface area (Å²) in [6.45, 7) is 2.10. The zero-order valence-corrected chi connectivity index (χ0v) is 15.0. The first-order valence-electron chi connectivity index (χ1n) is 5.99. The van der Waals surface area contributed by atoms with E-state index < -0.39 is 15.8 Å². The smallest absolute Gasteiger partial charge is 0.207 e. The number of benzene rings is 2. The van der Waals surface area contributed by atoms with Crippen LogP contribution in [0.1, 0.15) is 11.1 Å². The van der Waals surface area contributed by atoms with Crippen LogP contribution in [0.15, 0.2) is 50.2 Å². The molecule has 0 aromatic heterocycles. The van der Waals surface area contributed by atoms with Gasteiger partial charge in [-0.3, -0.25) is 0 Å². The standard InChI is InChI=1S/C14H12Br2FNO2S/c1-9-3-2-4-10(5-9)8-18-21(19,20)14-12(15)6-11(17)7-13(14)16/h2-7,18H,8H2,1H3. The van der Waals surface area contributed by atoms with Crippen molar-refractivity contribution < 1.29 is 12.8 Å². The molecular weight excluding hydrogens is 425 g/mol. The Balaban J connectivity index is 2.27. The van der Waals surface area contributed by atoms with Gasteiger partial charge < -0.3 is 0 Å². The average Bonchev–Trinajstić information content (AvgIpc) is 2.35. The lowest BCUT2D eigenvalue weighted by Crippen LogP contribution is -2.24. The Morgan fingerprint density at radius 3 is 2.33 bits per heavy atom. The number of nitrogens with one attached hydrogen (secondary N) is 1. The molecule has 1 N–H and O–H groups in total. The highest BCUT2D eigenvalue weighted by Crippen LogP contribution is 2.31. The maximum atomic E-state index is 13.2. The lowest BCUT2D eigenvalue weighted by molar-refractivity contribution is 0.579. The van der Waals surface area contributed by atoms with E-state index in [2.05, 4.69) is 36.6 Å². The van der Waals surface area contributed by atoms with Crippen molar-refractivity contribution in [2.75, 3.05) is 0 Å². The van der Waals surface area contributed by atoms with Gasteiger partial charge in [0.25, 0.3) is 0 Å². The number of hydrogen-bond donors (Lipinski definition) is 1. The average molecular weight is 437 g/mol. The van der Waals surface area contributed by atoms with Crippen LogP contribution in [0.3, 0.4) is 0 Å². The number of sulfonamides is 1. The molecule has 0 spiro atoms. The first-order chi connectivity index (χ1) is 9.79. The van der Waals surface area contributed by atoms with Gasteiger partial charge in [0.15, 0.2) is 0 Å². The maximum Gasteiger partial charge on any atom is 0.243 e. The molecule has 2 rings (SSSR count). The number of rotatable bonds is 4. The molecule has 0 bridgehead atoms. The summed E-state index contributed by atoms with van der Waals surface area (Å²) in [5.41, 5.74) is 1.91. The second-order valence-corrected chi connectivity index (χ2v) is 7.92. The molecule has 2 aromatic carbocycles. The molecule has 0 heterocycles. The Labute approximate surface area is 139 Å². The third-order valence-corrected chi connectivity index (χ3v) is 6.06. The predicted octanol–water partition coefficient (Wildman–Crippen LogP) is 4.14. The topological polar surface area (TPSA) is 46.2 Å². The van der Waals surface area contributed by atoms with Gasteiger partial charge in [-0.25, -0.2) is 17.5 Å². The molecule has 0 aliphatic heterocycles. The molecule has 0 aliphatic rings. The van der Waals surface area contributed by atoms with Gasteiger partial charge in [-0.15, -0.1) is 0 Å². The van der Waals surface area contributed by atoms with E-state index in [4.69, 9.17) is 0 Å². The van der Waals surface area contributed by atoms with E-state index >= 15 is 0 Å². The molecule has 0 saturated carbocycles. The minimum absolute atomic E-state index is 0.0171. The number of halogens is 3. The summed E-state index contributed by atoms with van der Waals surface area (Å²) in [4.78, 5) is -0.0171. The van der Waals surface area contributed by atoms with Crippen molar-refractivity contribution in [2.24, 2.45) is 0 Å². The molecule has 21 heavy (non-hydrogen) atoms. The zero-order valence-electron chi connectivity index (χ0n) is 11.0. The third kappa shape index (κ3) is 4.12. The van der Waals surface area contributed by atoms with E-state index in [0.29, 0.717) is 0 Å². The van der Waals surface area contributed by atoms with Crippen LogP contribution in [0.2, 0.25) is 0 Å². The molecule has 0 saturated heterocycles. The van der Waals surface area contributed by atoms with Crippen LogP contribution in [0.25, 0.3) is 0 Å². The Bertz CT molecular complexity index is 755. The van der Waals surface area contributed by atoms with Crippen molar-refractivity contribution in [1.82, 2.24) is 4.72 Å². The number of aryl methyl sites for hydroxylation is 1. The molecule has 0 fully saturated rings. The third-order valence-electron chi connectivity index (χ3n) is 2.78. The van der Waals surface area contributed by atoms with Crippen molar-refractivity contribution >= 4 is 41.9 Å². The van der Waals surface area contributed by atoms with Crippen LogP contribution in [0, 0.1) is 12.7 Å². The Kier molecular flexibility index (Phi) is 5.19. The molecule has 0 unspecified atom stereocenters. The van der Waals surface area contributed by atoms with Crippen molar-refractivity contribution in [2.45, 2.75) is 18.4 Å². The summed E-state index contributed by atoms with van der Waals surface area (Å²) in [5.74, 6) is -0.522. The Hall–Kier alpha value is -0.760. The minimum Gasteiger partial charge on any atom is -0.207 e. The van der Waals surface area contributed by atoms with Gasteiger partial charge in [0.2, 0.25) is 10.0 Å². The summed E-state index contributed by atoms with van der Waals surface area (Å²) < 4.78 is 40.8. The van der Waals surface area contributed by atoms with E-state index in [-0.39, 0.29) is 20.4 Å². The molecule has 0 aliphatic carbocycles. The van der Waals surface area contributed by atoms with Crippen molar-refractivity contribution in [3.8, 4) is 0 Å². The normalized spacial score (nSPS) is 11.6. The van der Waals surface area contributed by atoms with Gasteiger partial charge in [-0.1, -0.05) is 29.8 Å². The minimum atomic E-state index is -3.76. The molecule has 3 nitrogen and oxygen atoms in total. The van der Waals surface area contributed by atoms with E-state index in [1.165, 1.54) is 0 Å². The quantitative estimate of drug-likeness (QED) is 0.782. The van der Waals surface area contributed by atoms with Gasteiger partial charge in [-0.2, -0.15) is 0 Å². The summed E-state index contributed by atoms with van der Waals surface area (Å²) in [5, 5.41) is 0. The monoisotopic (exact) mass is 435 g/mol. The lowest BCUT2D eigenvalue weighted by atomic mass is 10.1. The SMILES string of the molecule is Cc1cccc(CNS(=O)(=O)c2c(Br)cc(F)cc2Br)c1. The molecule has 0 radical (unpaired) electrons. The van der Waals surface area contributed by atoms with E-state index in [1.807, 2.05) is 31.2 Å². The summed E-state index contributed by atoms with van der Waals surface area (Å²) in [6.07, 6.45) is 0. The van der Waals surface area contributed by atoms with Gasteiger partial charge >= 0.3 is 0 Å². The van der Waals surface area contributed by atoms with Crippen LogP contribution in [-0.4, -0.2) is 8.42 Å². The molecule has 112 valence electrons. The highest BCUT2D eigenvalue weighted by Gasteiger charge is 2.21. The lowest BCUT2D eigenvalue weighted by Gasteiger charge is -2.11. The highest BCUT2D eigenvalue weighted by molar-refractivity contribution is 9.11. The van der Waals surface area contributed by atoms with Gasteiger partial charge in [0, 0.05) is 15.5 Å². The molecule has 0 atom stereocenters. The fourth-order valence-corrected chi connectivity index (χ4v) is 5.40. The Morgan fingerprint density at radius 1 is 1.14 bits per heavy atom. The molecule has 7 heteroatoms. The summed E-state index contributed by atoms with van der Waals surface area (Å²) in [7, 11) is -3.76. The van der Waals surface area contributed by atoms with E-state index in [0.717, 1.165) is 23.3 Å². The van der Waals surface area contributed by atoms with Gasteiger partial charge in [0.05, 0.1) is 0 Å². The summed E-state index contributed by atoms with van der Waals surface area (Å²) in [6, 6.07) is 9.77. The second kappa shape index (κ2) is 6.56. The van der Waals surface area contributed by atoms with Crippen molar-refractivity contribution in [1.29, 1.82) is 0 Å². The highest BCUT2D eigenvalue weighted by atomic mass is 79.9. The Morgan fingerprint density at radius 2 is 1.76 bits per heavy atom. The predicted molar refractivity (Wildman–Crippen MR) is 87.0 cm³/mol. The van der Waals surface area contributed by atoms with Gasteiger partial charge in [-0.05, 0) is 56.5 Å². The molecule has 0 amide bonds. The van der Waals surface area contributed by atoms with Crippen molar-refractivity contribution in [3.05, 3.63) is 62.3 Å². The van der Waals surface area contributed by atoms with Crippen LogP contribution in [0.5, 0.6) is 0 Å². The van der Waals surface area contributed by atoms with Crippen LogP contribution >= 0.6 is 31.9 Å². The first-order valence-corrected chi connectivity index (χ1v) is 9.06. The fraction of sp³-hybridized carbons (Fsp3) is 0.143. The summed E-state index contributed by atoms with van der Waals surface area (Å²) >= 11 is 6.16. The van der Waals surface area contributed by atoms with E-state index in [1.54, 1.807) is 0 Å². The maximum absolute atomic E-state index is 13.2. The van der Waals surface area contributed by atoms with E-state index in [9.17, 15) is 12.8 Å².